The fourth-order valence-electron chi connectivity index (χ4n) is 2.13. The van der Waals surface area contributed by atoms with E-state index in [1.165, 1.54) is 5.56 Å². The molecule has 3 N–H and O–H groups in total. The zero-order valence-electron chi connectivity index (χ0n) is 13.5. The number of benzene rings is 1. The molecule has 118 valence electrons. The fourth-order valence-corrected chi connectivity index (χ4v) is 2.78. The third-order valence-corrected chi connectivity index (χ3v) is 4.50. The van der Waals surface area contributed by atoms with E-state index in [0.717, 1.165) is 29.2 Å². The van der Waals surface area contributed by atoms with Crippen molar-refractivity contribution in [1.29, 1.82) is 0 Å². The van der Waals surface area contributed by atoms with Gasteiger partial charge in [-0.05, 0) is 37.0 Å². The Balaban J connectivity index is 1.85. The van der Waals surface area contributed by atoms with Crippen molar-refractivity contribution in [1.82, 2.24) is 4.98 Å². The molecule has 1 unspecified atom stereocenters. The highest BCUT2D eigenvalue weighted by molar-refractivity contribution is 7.09. The van der Waals surface area contributed by atoms with Crippen LogP contribution in [0.3, 0.4) is 0 Å². The molecule has 0 aliphatic heterocycles. The third-order valence-electron chi connectivity index (χ3n) is 3.68. The second kappa shape index (κ2) is 7.94. The van der Waals surface area contributed by atoms with Gasteiger partial charge in [-0.25, -0.2) is 4.98 Å². The van der Waals surface area contributed by atoms with Crippen LogP contribution in [0.4, 0.5) is 5.69 Å². The number of nitrogens with two attached hydrogens (primary N) is 1. The van der Waals surface area contributed by atoms with Gasteiger partial charge in [-0.1, -0.05) is 26.0 Å². The first kappa shape index (κ1) is 16.5. The van der Waals surface area contributed by atoms with E-state index in [2.05, 4.69) is 46.7 Å². The summed E-state index contributed by atoms with van der Waals surface area (Å²) < 4.78 is 0. The number of guanidine groups is 1. The van der Waals surface area contributed by atoms with Crippen LogP contribution in [0.5, 0.6) is 0 Å². The highest BCUT2D eigenvalue weighted by Crippen LogP contribution is 2.20. The maximum absolute atomic E-state index is 5.92. The maximum Gasteiger partial charge on any atom is 0.193 e. The number of thiazole rings is 1. The molecule has 4 nitrogen and oxygen atoms in total. The van der Waals surface area contributed by atoms with Crippen LogP contribution in [-0.4, -0.2) is 17.5 Å². The summed E-state index contributed by atoms with van der Waals surface area (Å²) in [4.78, 5) is 8.76. The van der Waals surface area contributed by atoms with Crippen molar-refractivity contribution in [3.05, 3.63) is 45.9 Å². The molecule has 0 aliphatic carbocycles. The average molecular weight is 316 g/mol. The molecule has 1 heterocycles. The van der Waals surface area contributed by atoms with Gasteiger partial charge in [0, 0.05) is 24.0 Å². The van der Waals surface area contributed by atoms with Crippen LogP contribution in [0, 0.1) is 6.92 Å². The largest absolute Gasteiger partial charge is 0.370 e. The van der Waals surface area contributed by atoms with E-state index in [-0.39, 0.29) is 0 Å². The molecule has 0 spiro atoms. The van der Waals surface area contributed by atoms with Crippen molar-refractivity contribution >= 4 is 23.0 Å². The third kappa shape index (κ3) is 4.84. The first-order valence-electron chi connectivity index (χ1n) is 7.66. The van der Waals surface area contributed by atoms with Gasteiger partial charge in [-0.3, -0.25) is 4.99 Å². The zero-order valence-corrected chi connectivity index (χ0v) is 14.3. The number of aromatic nitrogens is 1. The average Bonchev–Trinajstić information content (AvgIpc) is 2.92. The number of rotatable bonds is 6. The van der Waals surface area contributed by atoms with E-state index in [9.17, 15) is 0 Å². The topological polar surface area (TPSA) is 63.3 Å². The minimum Gasteiger partial charge on any atom is -0.370 e. The maximum atomic E-state index is 5.92. The molecule has 2 aromatic rings. The van der Waals surface area contributed by atoms with Crippen LogP contribution in [0.1, 0.15) is 42.5 Å². The quantitative estimate of drug-likeness (QED) is 0.627. The van der Waals surface area contributed by atoms with Crippen molar-refractivity contribution in [2.24, 2.45) is 10.7 Å². The molecule has 22 heavy (non-hydrogen) atoms. The lowest BCUT2D eigenvalue weighted by Gasteiger charge is -2.10. The Morgan fingerprint density at radius 1 is 1.36 bits per heavy atom. The lowest BCUT2D eigenvalue weighted by Crippen LogP contribution is -2.23. The van der Waals surface area contributed by atoms with Crippen LogP contribution in [-0.2, 0) is 6.42 Å². The normalized spacial score (nSPS) is 13.1. The molecule has 0 amide bonds. The van der Waals surface area contributed by atoms with Crippen molar-refractivity contribution in [3.63, 3.8) is 0 Å². The van der Waals surface area contributed by atoms with Gasteiger partial charge in [0.05, 0.1) is 10.7 Å². The SMILES string of the molecule is CCC(C)c1ccc(NC(N)=NCCc2csc(C)n2)cc1. The van der Waals surface area contributed by atoms with E-state index in [1.807, 2.05) is 19.1 Å². The van der Waals surface area contributed by atoms with Crippen molar-refractivity contribution in [3.8, 4) is 0 Å². The van der Waals surface area contributed by atoms with E-state index in [4.69, 9.17) is 5.73 Å². The summed E-state index contributed by atoms with van der Waals surface area (Å²) in [5, 5.41) is 6.29. The number of hydrogen-bond acceptors (Lipinski definition) is 3. The van der Waals surface area contributed by atoms with Crippen LogP contribution >= 0.6 is 11.3 Å². The summed E-state index contributed by atoms with van der Waals surface area (Å²) in [7, 11) is 0. The molecule has 0 radical (unpaired) electrons. The number of nitrogens with one attached hydrogen (secondary N) is 1. The van der Waals surface area contributed by atoms with E-state index >= 15 is 0 Å². The molecule has 0 bridgehead atoms. The van der Waals surface area contributed by atoms with Gasteiger partial charge in [0.2, 0.25) is 0 Å². The van der Waals surface area contributed by atoms with Crippen LogP contribution in [0.2, 0.25) is 0 Å². The summed E-state index contributed by atoms with van der Waals surface area (Å²) in [5.74, 6) is 1.03. The molecule has 1 atom stereocenters. The summed E-state index contributed by atoms with van der Waals surface area (Å²) in [6, 6.07) is 8.38. The Kier molecular flexibility index (Phi) is 5.95. The van der Waals surface area contributed by atoms with Crippen LogP contribution in [0.25, 0.3) is 0 Å². The van der Waals surface area contributed by atoms with Gasteiger partial charge >= 0.3 is 0 Å². The molecular formula is C17H24N4S. The smallest absolute Gasteiger partial charge is 0.193 e. The molecule has 1 aromatic heterocycles. The second-order valence-electron chi connectivity index (χ2n) is 5.43. The van der Waals surface area contributed by atoms with Gasteiger partial charge in [0.15, 0.2) is 5.96 Å². The Bertz CT molecular complexity index is 616. The van der Waals surface area contributed by atoms with Crippen LogP contribution < -0.4 is 11.1 Å². The van der Waals surface area contributed by atoms with Crippen LogP contribution in [0.15, 0.2) is 34.6 Å². The molecule has 0 fully saturated rings. The highest BCUT2D eigenvalue weighted by atomic mass is 32.1. The second-order valence-corrected chi connectivity index (χ2v) is 6.49. The lowest BCUT2D eigenvalue weighted by molar-refractivity contribution is 0.734. The molecule has 5 heteroatoms. The summed E-state index contributed by atoms with van der Waals surface area (Å²) in [6.45, 7) is 7.09. The monoisotopic (exact) mass is 316 g/mol. The fraction of sp³-hybridized carbons (Fsp3) is 0.412. The number of anilines is 1. The first-order valence-corrected chi connectivity index (χ1v) is 8.54. The molecule has 0 saturated heterocycles. The lowest BCUT2D eigenvalue weighted by atomic mass is 9.99. The summed E-state index contributed by atoms with van der Waals surface area (Å²) >= 11 is 1.66. The van der Waals surface area contributed by atoms with Gasteiger partial charge < -0.3 is 11.1 Å². The van der Waals surface area contributed by atoms with Gasteiger partial charge in [0.1, 0.15) is 0 Å². The highest BCUT2D eigenvalue weighted by Gasteiger charge is 2.03. The first-order chi connectivity index (χ1) is 10.6. The molecule has 2 rings (SSSR count). The van der Waals surface area contributed by atoms with Crippen molar-refractivity contribution < 1.29 is 0 Å². The van der Waals surface area contributed by atoms with Gasteiger partial charge in [-0.2, -0.15) is 0 Å². The standard InChI is InChI=1S/C17H24N4S/c1-4-12(2)14-5-7-15(8-6-14)21-17(18)19-10-9-16-11-22-13(3)20-16/h5-8,11-12H,4,9-10H2,1-3H3,(H3,18,19,21). The molecule has 1 aromatic carbocycles. The zero-order chi connectivity index (χ0) is 15.9. The Morgan fingerprint density at radius 2 is 2.09 bits per heavy atom. The number of nitrogens with zero attached hydrogens (tertiary/aromatic N) is 2. The molecule has 0 aliphatic rings. The number of aryl methyl sites for hydroxylation is 1. The summed E-state index contributed by atoms with van der Waals surface area (Å²) in [5.41, 5.74) is 9.32. The molecule has 0 saturated carbocycles. The summed E-state index contributed by atoms with van der Waals surface area (Å²) in [6.07, 6.45) is 1.96. The molecular weight excluding hydrogens is 292 g/mol. The Labute approximate surface area is 136 Å². The Morgan fingerprint density at radius 3 is 2.68 bits per heavy atom. The Hall–Kier alpha value is -1.88. The minimum atomic E-state index is 0.447. The minimum absolute atomic E-state index is 0.447. The predicted octanol–water partition coefficient (Wildman–Crippen LogP) is 3.93. The van der Waals surface area contributed by atoms with Gasteiger partial charge in [-0.15, -0.1) is 11.3 Å². The number of hydrogen-bond donors (Lipinski definition) is 2. The van der Waals surface area contributed by atoms with Crippen molar-refractivity contribution in [2.45, 2.75) is 39.5 Å². The van der Waals surface area contributed by atoms with Gasteiger partial charge in [0.25, 0.3) is 0 Å². The predicted molar refractivity (Wildman–Crippen MR) is 95.8 cm³/mol. The van der Waals surface area contributed by atoms with Crippen molar-refractivity contribution in [2.75, 3.05) is 11.9 Å². The number of aliphatic imine (C=N–C) groups is 1. The van der Waals surface area contributed by atoms with E-state index in [0.29, 0.717) is 18.4 Å². The van der Waals surface area contributed by atoms with E-state index in [1.54, 1.807) is 11.3 Å². The van der Waals surface area contributed by atoms with E-state index < -0.39 is 0 Å².